The first-order valence-corrected chi connectivity index (χ1v) is 8.66. The molecule has 8 heteroatoms. The quantitative estimate of drug-likeness (QED) is 0.455. The molecule has 2 heterocycles. The maximum absolute atomic E-state index is 8.99. The van der Waals surface area contributed by atoms with Crippen LogP contribution in [0.2, 0.25) is 0 Å². The lowest BCUT2D eigenvalue weighted by molar-refractivity contribution is 0.243. The lowest BCUT2D eigenvalue weighted by atomic mass is 10.2. The van der Waals surface area contributed by atoms with E-state index >= 15 is 0 Å². The van der Waals surface area contributed by atoms with Gasteiger partial charge >= 0.3 is 0 Å². The molecule has 2 aromatic heterocycles. The molecule has 0 saturated heterocycles. The zero-order valence-corrected chi connectivity index (χ0v) is 15.2. The first-order chi connectivity index (χ1) is 13.1. The van der Waals surface area contributed by atoms with Gasteiger partial charge in [-0.2, -0.15) is 5.10 Å². The molecule has 0 atom stereocenters. The third-order valence-corrected chi connectivity index (χ3v) is 3.76. The number of nitrogens with one attached hydrogen (secondary N) is 3. The highest BCUT2D eigenvalue weighted by molar-refractivity contribution is 5.92. The molecule has 0 amide bonds. The van der Waals surface area contributed by atoms with Crippen LogP contribution >= 0.6 is 0 Å². The van der Waals surface area contributed by atoms with Gasteiger partial charge in [-0.15, -0.1) is 0 Å². The summed E-state index contributed by atoms with van der Waals surface area (Å²) in [5.74, 6) is 1.81. The molecule has 3 rings (SSSR count). The van der Waals surface area contributed by atoms with Crippen molar-refractivity contribution in [3.05, 3.63) is 42.2 Å². The Balaban J connectivity index is 1.91. The molecule has 3 aromatic rings. The normalized spacial score (nSPS) is 11.8. The van der Waals surface area contributed by atoms with Crippen LogP contribution in [0.25, 0.3) is 22.4 Å². The van der Waals surface area contributed by atoms with E-state index in [-0.39, 0.29) is 12.7 Å². The highest BCUT2D eigenvalue weighted by Gasteiger charge is 2.13. The molecule has 1 aromatic carbocycles. The molecule has 0 aliphatic carbocycles. The van der Waals surface area contributed by atoms with Gasteiger partial charge in [-0.05, 0) is 50.1 Å². The second-order valence-electron chi connectivity index (χ2n) is 6.19. The molecule has 8 nitrogen and oxygen atoms in total. The molecule has 0 fully saturated rings. The number of H-pyrrole nitrogens is 1. The Bertz CT molecular complexity index is 964. The average molecular weight is 366 g/mol. The lowest BCUT2D eigenvalue weighted by Crippen LogP contribution is -2.05. The van der Waals surface area contributed by atoms with Gasteiger partial charge in [0, 0.05) is 30.6 Å². The highest BCUT2D eigenvalue weighted by Crippen LogP contribution is 2.28. The van der Waals surface area contributed by atoms with E-state index in [2.05, 4.69) is 25.5 Å². The van der Waals surface area contributed by atoms with Gasteiger partial charge in [0.25, 0.3) is 0 Å². The van der Waals surface area contributed by atoms with E-state index in [4.69, 9.17) is 15.3 Å². The Morgan fingerprint density at radius 3 is 2.96 bits per heavy atom. The van der Waals surface area contributed by atoms with Crippen LogP contribution in [0, 0.1) is 5.41 Å². The van der Waals surface area contributed by atoms with Crippen molar-refractivity contribution in [2.45, 2.75) is 26.4 Å². The van der Waals surface area contributed by atoms with Crippen molar-refractivity contribution in [1.29, 1.82) is 5.41 Å². The van der Waals surface area contributed by atoms with E-state index in [1.807, 2.05) is 32.0 Å². The number of hydrogen-bond acceptors (Lipinski definition) is 7. The van der Waals surface area contributed by atoms with Gasteiger partial charge < -0.3 is 20.6 Å². The van der Waals surface area contributed by atoms with Crippen molar-refractivity contribution in [2.24, 2.45) is 0 Å². The van der Waals surface area contributed by atoms with Crippen molar-refractivity contribution in [2.75, 3.05) is 11.9 Å². The Kier molecular flexibility index (Phi) is 5.77. The van der Waals surface area contributed by atoms with Gasteiger partial charge in [-0.25, -0.2) is 9.97 Å². The summed E-state index contributed by atoms with van der Waals surface area (Å²) < 4.78 is 5.76. The number of aliphatic hydroxyl groups excluding tert-OH is 1. The van der Waals surface area contributed by atoms with E-state index < -0.39 is 0 Å². The van der Waals surface area contributed by atoms with Crippen molar-refractivity contribution in [1.82, 2.24) is 20.2 Å². The number of fused-ring (bicyclic) bond motifs is 1. The summed E-state index contributed by atoms with van der Waals surface area (Å²) in [6.07, 6.45) is 4.96. The molecular formula is C19H22N6O2. The minimum absolute atomic E-state index is 0.0159. The number of aromatic nitrogens is 4. The van der Waals surface area contributed by atoms with Crippen LogP contribution in [0.3, 0.4) is 0 Å². The summed E-state index contributed by atoms with van der Waals surface area (Å²) in [7, 11) is 0. The van der Waals surface area contributed by atoms with E-state index in [0.717, 1.165) is 16.7 Å². The van der Waals surface area contributed by atoms with Gasteiger partial charge in [0.1, 0.15) is 17.3 Å². The fourth-order valence-electron chi connectivity index (χ4n) is 2.54. The predicted octanol–water partition coefficient (Wildman–Crippen LogP) is 3.13. The van der Waals surface area contributed by atoms with Crippen LogP contribution in [-0.2, 0) is 0 Å². The van der Waals surface area contributed by atoms with E-state index in [9.17, 15) is 0 Å². The fraction of sp³-hybridized carbons (Fsp3) is 0.263. The molecule has 0 aliphatic heterocycles. The monoisotopic (exact) mass is 366 g/mol. The number of aliphatic hydroxyl groups is 1. The topological polar surface area (TPSA) is 120 Å². The summed E-state index contributed by atoms with van der Waals surface area (Å²) in [6, 6.07) is 7.46. The lowest BCUT2D eigenvalue weighted by Gasteiger charge is -2.09. The minimum Gasteiger partial charge on any atom is -0.491 e. The maximum atomic E-state index is 8.99. The van der Waals surface area contributed by atoms with Crippen molar-refractivity contribution < 1.29 is 9.84 Å². The molecule has 0 radical (unpaired) electrons. The molecular weight excluding hydrogens is 344 g/mol. The molecule has 0 aliphatic rings. The zero-order valence-electron chi connectivity index (χ0n) is 15.2. The summed E-state index contributed by atoms with van der Waals surface area (Å²) in [5, 5.41) is 27.6. The summed E-state index contributed by atoms with van der Waals surface area (Å²) >= 11 is 0. The number of nitrogens with zero attached hydrogens (tertiary/aromatic N) is 3. The standard InChI is InChI=1S/C19H22N6O2/c1-12(2)27-14-3-4-16-15(9-14)18(25-24-16)19-21-7-5-17(23-19)22-11-13(10-20)6-8-26/h3-5,7,9-12,20,26H,6,8H2,1-2H3,(H,24,25)(H,21,22,23)/b13-11-,20-10?. The van der Waals surface area contributed by atoms with Gasteiger partial charge in [0.05, 0.1) is 11.6 Å². The van der Waals surface area contributed by atoms with Gasteiger partial charge in [0.2, 0.25) is 0 Å². The largest absolute Gasteiger partial charge is 0.491 e. The summed E-state index contributed by atoms with van der Waals surface area (Å²) in [6.45, 7) is 3.94. The molecule has 0 bridgehead atoms. The second kappa shape index (κ2) is 8.41. The summed E-state index contributed by atoms with van der Waals surface area (Å²) in [4.78, 5) is 8.82. The Morgan fingerprint density at radius 1 is 1.37 bits per heavy atom. The molecule has 0 spiro atoms. The molecule has 27 heavy (non-hydrogen) atoms. The Morgan fingerprint density at radius 2 is 2.22 bits per heavy atom. The maximum Gasteiger partial charge on any atom is 0.182 e. The van der Waals surface area contributed by atoms with Crippen molar-refractivity contribution >= 4 is 22.9 Å². The molecule has 4 N–H and O–H groups in total. The summed E-state index contributed by atoms with van der Waals surface area (Å²) in [5.41, 5.74) is 2.17. The molecule has 0 saturated carbocycles. The SMILES string of the molecule is CC(C)Oc1ccc2[nH]nc(-c3nccc(N/C=C(\C=N)CCO)n3)c2c1. The van der Waals surface area contributed by atoms with Crippen molar-refractivity contribution in [3.8, 4) is 17.3 Å². The molecule has 140 valence electrons. The average Bonchev–Trinajstić information content (AvgIpc) is 3.08. The zero-order chi connectivity index (χ0) is 19.2. The fourth-order valence-corrected chi connectivity index (χ4v) is 2.54. The number of benzene rings is 1. The van der Waals surface area contributed by atoms with Crippen LogP contribution in [0.4, 0.5) is 5.82 Å². The third-order valence-electron chi connectivity index (χ3n) is 3.76. The van der Waals surface area contributed by atoms with Gasteiger partial charge in [-0.3, -0.25) is 5.10 Å². The number of aromatic amines is 1. The third kappa shape index (κ3) is 4.48. The van der Waals surface area contributed by atoms with Gasteiger partial charge in [-0.1, -0.05) is 0 Å². The first kappa shape index (κ1) is 18.5. The van der Waals surface area contributed by atoms with Crippen molar-refractivity contribution in [3.63, 3.8) is 0 Å². The smallest absolute Gasteiger partial charge is 0.182 e. The van der Waals surface area contributed by atoms with Crippen LogP contribution in [0.15, 0.2) is 42.2 Å². The number of hydrogen-bond donors (Lipinski definition) is 4. The minimum atomic E-state index is -0.0159. The highest BCUT2D eigenvalue weighted by atomic mass is 16.5. The predicted molar refractivity (Wildman–Crippen MR) is 105 cm³/mol. The van der Waals surface area contributed by atoms with E-state index in [1.54, 1.807) is 18.5 Å². The van der Waals surface area contributed by atoms with Crippen LogP contribution in [0.5, 0.6) is 5.75 Å². The first-order valence-electron chi connectivity index (χ1n) is 8.66. The van der Waals surface area contributed by atoms with Crippen LogP contribution in [-0.4, -0.2) is 44.2 Å². The second-order valence-corrected chi connectivity index (χ2v) is 6.19. The van der Waals surface area contributed by atoms with Crippen LogP contribution in [0.1, 0.15) is 20.3 Å². The van der Waals surface area contributed by atoms with Crippen LogP contribution < -0.4 is 10.1 Å². The molecule has 0 unspecified atom stereocenters. The number of anilines is 1. The van der Waals surface area contributed by atoms with E-state index in [0.29, 0.717) is 29.3 Å². The number of ether oxygens (including phenoxy) is 1. The van der Waals surface area contributed by atoms with E-state index in [1.165, 1.54) is 6.21 Å². The Hall–Kier alpha value is -3.26. The Labute approximate surface area is 156 Å². The number of rotatable bonds is 8. The van der Waals surface area contributed by atoms with Gasteiger partial charge in [0.15, 0.2) is 5.82 Å².